The fourth-order valence-corrected chi connectivity index (χ4v) is 1.46. The third kappa shape index (κ3) is 1.72. The SMILES string of the molecule is COC1=C(OC)C(=O)C(CO)=C(CO)C1=O. The van der Waals surface area contributed by atoms with Gasteiger partial charge in [0.15, 0.2) is 0 Å². The monoisotopic (exact) mass is 228 g/mol. The zero-order valence-corrected chi connectivity index (χ0v) is 8.94. The lowest BCUT2D eigenvalue weighted by atomic mass is 9.93. The molecule has 0 spiro atoms. The van der Waals surface area contributed by atoms with Crippen molar-refractivity contribution in [3.8, 4) is 0 Å². The number of aliphatic hydroxyl groups excluding tert-OH is 2. The summed E-state index contributed by atoms with van der Waals surface area (Å²) in [5.41, 5.74) is -0.324. The van der Waals surface area contributed by atoms with E-state index < -0.39 is 24.8 Å². The summed E-state index contributed by atoms with van der Waals surface area (Å²) >= 11 is 0. The standard InChI is InChI=1S/C10H12O6/c1-15-9-7(13)5(3-11)6(4-12)8(14)10(9)16-2/h11-12H,3-4H2,1-2H3. The van der Waals surface area contributed by atoms with Crippen LogP contribution in [0.25, 0.3) is 0 Å². The minimum Gasteiger partial charge on any atom is -0.489 e. The minimum atomic E-state index is -0.648. The molecule has 0 bridgehead atoms. The molecule has 1 aliphatic carbocycles. The first-order valence-corrected chi connectivity index (χ1v) is 4.47. The second-order valence-electron chi connectivity index (χ2n) is 3.00. The minimum absolute atomic E-state index is 0.162. The maximum absolute atomic E-state index is 11.7. The first kappa shape index (κ1) is 12.4. The fraction of sp³-hybridized carbons (Fsp3) is 0.400. The largest absolute Gasteiger partial charge is 0.489 e. The second-order valence-corrected chi connectivity index (χ2v) is 3.00. The lowest BCUT2D eigenvalue weighted by molar-refractivity contribution is -0.121. The predicted octanol–water partition coefficient (Wildman–Crippen LogP) is -1.08. The van der Waals surface area contributed by atoms with Gasteiger partial charge in [0.25, 0.3) is 0 Å². The van der Waals surface area contributed by atoms with Crippen LogP contribution in [0.3, 0.4) is 0 Å². The topological polar surface area (TPSA) is 93.1 Å². The first-order chi connectivity index (χ1) is 7.62. The molecule has 0 aliphatic heterocycles. The molecule has 0 aromatic carbocycles. The molecule has 16 heavy (non-hydrogen) atoms. The molecule has 0 aromatic rings. The van der Waals surface area contributed by atoms with Crippen molar-refractivity contribution in [3.05, 3.63) is 22.7 Å². The van der Waals surface area contributed by atoms with Crippen LogP contribution in [-0.2, 0) is 19.1 Å². The van der Waals surface area contributed by atoms with Crippen LogP contribution >= 0.6 is 0 Å². The van der Waals surface area contributed by atoms with Crippen molar-refractivity contribution in [3.63, 3.8) is 0 Å². The summed E-state index contributed by atoms with van der Waals surface area (Å²) in [6, 6.07) is 0. The third-order valence-corrected chi connectivity index (χ3v) is 2.26. The summed E-state index contributed by atoms with van der Waals surface area (Å²) < 4.78 is 9.52. The quantitative estimate of drug-likeness (QED) is 0.595. The lowest BCUT2D eigenvalue weighted by Gasteiger charge is -2.19. The molecule has 0 saturated carbocycles. The molecule has 0 atom stereocenters. The number of rotatable bonds is 4. The van der Waals surface area contributed by atoms with Crippen LogP contribution in [0, 0.1) is 0 Å². The van der Waals surface area contributed by atoms with Gasteiger partial charge in [-0.15, -0.1) is 0 Å². The maximum Gasteiger partial charge on any atom is 0.230 e. The molecule has 0 unspecified atom stereocenters. The number of ketones is 2. The number of ether oxygens (including phenoxy) is 2. The van der Waals surface area contributed by atoms with Gasteiger partial charge in [-0.1, -0.05) is 0 Å². The smallest absolute Gasteiger partial charge is 0.230 e. The molecule has 0 fully saturated rings. The van der Waals surface area contributed by atoms with E-state index in [9.17, 15) is 9.59 Å². The van der Waals surface area contributed by atoms with Gasteiger partial charge in [0, 0.05) is 11.1 Å². The van der Waals surface area contributed by atoms with Gasteiger partial charge in [-0.3, -0.25) is 9.59 Å². The summed E-state index contributed by atoms with van der Waals surface area (Å²) in [4.78, 5) is 23.5. The number of Topliss-reactive ketones (excluding diaryl/α,β-unsaturated/α-hetero) is 2. The average molecular weight is 228 g/mol. The van der Waals surface area contributed by atoms with Crippen LogP contribution in [0.4, 0.5) is 0 Å². The molecular formula is C10H12O6. The van der Waals surface area contributed by atoms with E-state index in [1.165, 1.54) is 14.2 Å². The van der Waals surface area contributed by atoms with Crippen LogP contribution in [0.15, 0.2) is 22.7 Å². The van der Waals surface area contributed by atoms with Crippen molar-refractivity contribution in [2.45, 2.75) is 0 Å². The van der Waals surface area contributed by atoms with E-state index in [0.29, 0.717) is 0 Å². The Morgan fingerprint density at radius 3 is 1.38 bits per heavy atom. The number of carbonyl (C=O) groups is 2. The van der Waals surface area contributed by atoms with Crippen LogP contribution in [-0.4, -0.2) is 49.2 Å². The van der Waals surface area contributed by atoms with E-state index in [0.717, 1.165) is 0 Å². The number of carbonyl (C=O) groups excluding carboxylic acids is 2. The van der Waals surface area contributed by atoms with Crippen LogP contribution < -0.4 is 0 Å². The highest BCUT2D eigenvalue weighted by atomic mass is 16.5. The van der Waals surface area contributed by atoms with Crippen molar-refractivity contribution < 1.29 is 29.3 Å². The molecule has 6 nitrogen and oxygen atoms in total. The molecule has 0 amide bonds. The highest BCUT2D eigenvalue weighted by molar-refractivity contribution is 6.23. The van der Waals surface area contributed by atoms with Crippen LogP contribution in [0.1, 0.15) is 0 Å². The summed E-state index contributed by atoms with van der Waals surface area (Å²) in [5.74, 6) is -1.81. The number of aliphatic hydroxyl groups is 2. The van der Waals surface area contributed by atoms with E-state index in [1.807, 2.05) is 0 Å². The molecule has 0 aromatic heterocycles. The molecule has 1 aliphatic rings. The zero-order valence-electron chi connectivity index (χ0n) is 8.94. The van der Waals surface area contributed by atoms with Crippen LogP contribution in [0.2, 0.25) is 0 Å². The van der Waals surface area contributed by atoms with E-state index in [2.05, 4.69) is 0 Å². The van der Waals surface area contributed by atoms with Crippen molar-refractivity contribution >= 4 is 11.6 Å². The van der Waals surface area contributed by atoms with E-state index in [4.69, 9.17) is 19.7 Å². The van der Waals surface area contributed by atoms with Crippen molar-refractivity contribution in [1.29, 1.82) is 0 Å². The summed E-state index contributed by atoms with van der Waals surface area (Å²) in [7, 11) is 2.44. The Balaban J connectivity index is 3.35. The highest BCUT2D eigenvalue weighted by Gasteiger charge is 2.35. The Hall–Kier alpha value is -1.66. The van der Waals surface area contributed by atoms with Gasteiger partial charge in [0.1, 0.15) is 0 Å². The number of hydrogen-bond acceptors (Lipinski definition) is 6. The van der Waals surface area contributed by atoms with E-state index in [-0.39, 0.29) is 22.7 Å². The Labute approximate surface area is 91.8 Å². The van der Waals surface area contributed by atoms with E-state index in [1.54, 1.807) is 0 Å². The molecule has 0 radical (unpaired) electrons. The predicted molar refractivity (Wildman–Crippen MR) is 52.3 cm³/mol. The van der Waals surface area contributed by atoms with Gasteiger partial charge in [0.2, 0.25) is 23.1 Å². The van der Waals surface area contributed by atoms with Gasteiger partial charge in [-0.05, 0) is 0 Å². The lowest BCUT2D eigenvalue weighted by Crippen LogP contribution is -2.28. The molecule has 0 heterocycles. The van der Waals surface area contributed by atoms with Gasteiger partial charge in [-0.25, -0.2) is 0 Å². The molecule has 88 valence electrons. The molecule has 2 N–H and O–H groups in total. The normalized spacial score (nSPS) is 17.0. The summed E-state index contributed by atoms with van der Waals surface area (Å²) in [5, 5.41) is 18.0. The number of hydrogen-bond donors (Lipinski definition) is 2. The average Bonchev–Trinajstić information content (AvgIpc) is 2.30. The highest BCUT2D eigenvalue weighted by Crippen LogP contribution is 2.25. The zero-order chi connectivity index (χ0) is 12.3. The number of methoxy groups -OCH3 is 2. The Kier molecular flexibility index (Phi) is 3.81. The Morgan fingerprint density at radius 1 is 0.875 bits per heavy atom. The van der Waals surface area contributed by atoms with Crippen LogP contribution in [0.5, 0.6) is 0 Å². The second kappa shape index (κ2) is 4.91. The van der Waals surface area contributed by atoms with Gasteiger partial charge >= 0.3 is 0 Å². The Morgan fingerprint density at radius 2 is 1.19 bits per heavy atom. The van der Waals surface area contributed by atoms with Crippen molar-refractivity contribution in [2.24, 2.45) is 0 Å². The maximum atomic E-state index is 11.7. The fourth-order valence-electron chi connectivity index (χ4n) is 1.46. The van der Waals surface area contributed by atoms with Gasteiger partial charge < -0.3 is 19.7 Å². The van der Waals surface area contributed by atoms with Crippen molar-refractivity contribution in [2.75, 3.05) is 27.4 Å². The molecule has 1 rings (SSSR count). The molecule has 6 heteroatoms. The molecular weight excluding hydrogens is 216 g/mol. The van der Waals surface area contributed by atoms with E-state index >= 15 is 0 Å². The Bertz CT molecular complexity index is 320. The first-order valence-electron chi connectivity index (χ1n) is 4.47. The molecule has 0 saturated heterocycles. The summed E-state index contributed by atoms with van der Waals surface area (Å²) in [6.07, 6.45) is 0. The van der Waals surface area contributed by atoms with Crippen molar-refractivity contribution in [1.82, 2.24) is 0 Å². The third-order valence-electron chi connectivity index (χ3n) is 2.26. The van der Waals surface area contributed by atoms with Gasteiger partial charge in [0.05, 0.1) is 27.4 Å². The van der Waals surface area contributed by atoms with Gasteiger partial charge in [-0.2, -0.15) is 0 Å². The summed E-state index contributed by atoms with van der Waals surface area (Å²) in [6.45, 7) is -1.27. The number of allylic oxidation sites excluding steroid dienone is 2.